The Morgan fingerprint density at radius 2 is 2.10 bits per heavy atom. The minimum absolute atomic E-state index is 0.497. The Hall–Kier alpha value is -1.01. The van der Waals surface area contributed by atoms with Crippen molar-refractivity contribution in [1.29, 1.82) is 0 Å². The van der Waals surface area contributed by atoms with E-state index in [1.807, 2.05) is 44.6 Å². The third-order valence-electron chi connectivity index (χ3n) is 3.28. The van der Waals surface area contributed by atoms with E-state index >= 15 is 0 Å². The van der Waals surface area contributed by atoms with Gasteiger partial charge in [0.05, 0.1) is 23.5 Å². The molecule has 0 saturated heterocycles. The molecule has 6 heteroatoms. The predicted molar refractivity (Wildman–Crippen MR) is 88.1 cm³/mol. The summed E-state index contributed by atoms with van der Waals surface area (Å²) in [6, 6.07) is 7.81. The summed E-state index contributed by atoms with van der Waals surface area (Å²) in [6.07, 6.45) is 2.82. The van der Waals surface area contributed by atoms with Gasteiger partial charge in [0.2, 0.25) is 0 Å². The van der Waals surface area contributed by atoms with Crippen LogP contribution in [0, 0.1) is 0 Å². The Balaban J connectivity index is 2.34. The van der Waals surface area contributed by atoms with Gasteiger partial charge in [-0.05, 0) is 26.4 Å². The SMILES string of the molecule is CSc1ccccc1C(O)c1c(Cl)cnn1CCN(C)C. The molecule has 21 heavy (non-hydrogen) atoms. The Kier molecular flexibility index (Phi) is 5.70. The van der Waals surface area contributed by atoms with Crippen LogP contribution in [0.1, 0.15) is 17.4 Å². The van der Waals surface area contributed by atoms with Gasteiger partial charge in [-0.25, -0.2) is 0 Å². The number of aliphatic hydroxyl groups is 1. The number of rotatable bonds is 6. The minimum atomic E-state index is -0.772. The second kappa shape index (κ2) is 7.31. The van der Waals surface area contributed by atoms with Crippen molar-refractivity contribution in [3.8, 4) is 0 Å². The van der Waals surface area contributed by atoms with E-state index in [1.54, 1.807) is 22.6 Å². The van der Waals surface area contributed by atoms with Crippen LogP contribution in [0.5, 0.6) is 0 Å². The highest BCUT2D eigenvalue weighted by Gasteiger charge is 2.21. The van der Waals surface area contributed by atoms with Crippen molar-refractivity contribution in [3.63, 3.8) is 0 Å². The molecule has 1 aromatic carbocycles. The molecular formula is C15H20ClN3OS. The van der Waals surface area contributed by atoms with Gasteiger partial charge in [-0.2, -0.15) is 5.10 Å². The van der Waals surface area contributed by atoms with Crippen LogP contribution in [-0.2, 0) is 6.54 Å². The standard InChI is InChI=1S/C15H20ClN3OS/c1-18(2)8-9-19-14(12(16)10-17-19)15(20)11-6-4-5-7-13(11)21-3/h4-7,10,15,20H,8-9H2,1-3H3. The van der Waals surface area contributed by atoms with Crippen LogP contribution < -0.4 is 0 Å². The van der Waals surface area contributed by atoms with Gasteiger partial charge < -0.3 is 10.0 Å². The normalized spacial score (nSPS) is 12.9. The van der Waals surface area contributed by atoms with Crippen molar-refractivity contribution in [1.82, 2.24) is 14.7 Å². The lowest BCUT2D eigenvalue weighted by Gasteiger charge is -2.18. The number of thioether (sulfide) groups is 1. The smallest absolute Gasteiger partial charge is 0.123 e. The predicted octanol–water partition coefficient (Wildman–Crippen LogP) is 2.90. The lowest BCUT2D eigenvalue weighted by atomic mass is 10.1. The summed E-state index contributed by atoms with van der Waals surface area (Å²) in [5, 5.41) is 15.5. The second-order valence-electron chi connectivity index (χ2n) is 5.05. The number of benzene rings is 1. The first kappa shape index (κ1) is 16.4. The molecule has 0 bridgehead atoms. The largest absolute Gasteiger partial charge is 0.382 e. The van der Waals surface area contributed by atoms with Crippen LogP contribution in [-0.4, -0.2) is 46.7 Å². The molecule has 1 aromatic heterocycles. The van der Waals surface area contributed by atoms with E-state index in [-0.39, 0.29) is 0 Å². The molecule has 2 rings (SSSR count). The van der Waals surface area contributed by atoms with Crippen molar-refractivity contribution in [3.05, 3.63) is 46.7 Å². The van der Waals surface area contributed by atoms with Crippen molar-refractivity contribution >= 4 is 23.4 Å². The molecule has 2 aromatic rings. The molecule has 1 unspecified atom stereocenters. The van der Waals surface area contributed by atoms with Crippen LogP contribution in [0.15, 0.2) is 35.4 Å². The molecule has 0 radical (unpaired) electrons. The Bertz CT molecular complexity index is 600. The van der Waals surface area contributed by atoms with E-state index in [0.717, 1.165) is 17.0 Å². The van der Waals surface area contributed by atoms with E-state index in [1.165, 1.54) is 0 Å². The first-order valence-electron chi connectivity index (χ1n) is 6.71. The van der Waals surface area contributed by atoms with E-state index in [0.29, 0.717) is 17.3 Å². The van der Waals surface area contributed by atoms with Crippen LogP contribution >= 0.6 is 23.4 Å². The topological polar surface area (TPSA) is 41.3 Å². The van der Waals surface area contributed by atoms with Crippen LogP contribution in [0.2, 0.25) is 5.02 Å². The van der Waals surface area contributed by atoms with Crippen LogP contribution in [0.25, 0.3) is 0 Å². The van der Waals surface area contributed by atoms with Gasteiger partial charge in [-0.3, -0.25) is 4.68 Å². The van der Waals surface area contributed by atoms with Crippen LogP contribution in [0.4, 0.5) is 0 Å². The molecule has 1 heterocycles. The average Bonchev–Trinajstić information content (AvgIpc) is 2.85. The summed E-state index contributed by atoms with van der Waals surface area (Å²) < 4.78 is 1.78. The molecule has 1 atom stereocenters. The first-order valence-corrected chi connectivity index (χ1v) is 8.31. The molecule has 0 spiro atoms. The highest BCUT2D eigenvalue weighted by atomic mass is 35.5. The van der Waals surface area contributed by atoms with Gasteiger partial charge in [0, 0.05) is 17.0 Å². The molecule has 0 aliphatic rings. The van der Waals surface area contributed by atoms with Gasteiger partial charge >= 0.3 is 0 Å². The third-order valence-corrected chi connectivity index (χ3v) is 4.39. The molecule has 0 amide bonds. The molecule has 4 nitrogen and oxygen atoms in total. The number of aromatic nitrogens is 2. The van der Waals surface area contributed by atoms with E-state index < -0.39 is 6.10 Å². The summed E-state index contributed by atoms with van der Waals surface area (Å²) in [5.41, 5.74) is 1.51. The maximum absolute atomic E-state index is 10.7. The number of halogens is 1. The molecule has 0 fully saturated rings. The number of hydrogen-bond acceptors (Lipinski definition) is 4. The average molecular weight is 326 g/mol. The zero-order valence-corrected chi connectivity index (χ0v) is 14.0. The van der Waals surface area contributed by atoms with E-state index in [9.17, 15) is 5.11 Å². The molecule has 114 valence electrons. The first-order chi connectivity index (χ1) is 10.0. The lowest BCUT2D eigenvalue weighted by molar-refractivity contribution is 0.203. The van der Waals surface area contributed by atoms with Crippen molar-refractivity contribution < 1.29 is 5.11 Å². The Labute approximate surface area is 134 Å². The number of likely N-dealkylation sites (N-methyl/N-ethyl adjacent to an activating group) is 1. The zero-order chi connectivity index (χ0) is 15.4. The van der Waals surface area contributed by atoms with Gasteiger partial charge in [-0.15, -0.1) is 11.8 Å². The van der Waals surface area contributed by atoms with E-state index in [4.69, 9.17) is 11.6 Å². The van der Waals surface area contributed by atoms with Gasteiger partial charge in [0.1, 0.15) is 6.10 Å². The fourth-order valence-electron chi connectivity index (χ4n) is 2.16. The third kappa shape index (κ3) is 3.80. The molecule has 1 N–H and O–H groups in total. The molecule has 0 saturated carbocycles. The molecule has 0 aliphatic carbocycles. The number of hydrogen-bond donors (Lipinski definition) is 1. The fraction of sp³-hybridized carbons (Fsp3) is 0.400. The van der Waals surface area contributed by atoms with E-state index in [2.05, 4.69) is 10.00 Å². The minimum Gasteiger partial charge on any atom is -0.382 e. The summed E-state index contributed by atoms with van der Waals surface area (Å²) in [4.78, 5) is 3.11. The van der Waals surface area contributed by atoms with Gasteiger partial charge in [-0.1, -0.05) is 29.8 Å². The summed E-state index contributed by atoms with van der Waals surface area (Å²) in [7, 11) is 4.01. The summed E-state index contributed by atoms with van der Waals surface area (Å²) in [5.74, 6) is 0. The van der Waals surface area contributed by atoms with Gasteiger partial charge in [0.25, 0.3) is 0 Å². The maximum atomic E-state index is 10.7. The van der Waals surface area contributed by atoms with Crippen molar-refractivity contribution in [2.24, 2.45) is 0 Å². The monoisotopic (exact) mass is 325 g/mol. The van der Waals surface area contributed by atoms with Crippen LogP contribution in [0.3, 0.4) is 0 Å². The Morgan fingerprint density at radius 3 is 2.76 bits per heavy atom. The van der Waals surface area contributed by atoms with Gasteiger partial charge in [0.15, 0.2) is 0 Å². The number of nitrogens with zero attached hydrogens (tertiary/aromatic N) is 3. The quantitative estimate of drug-likeness (QED) is 0.829. The number of aliphatic hydroxyl groups excluding tert-OH is 1. The Morgan fingerprint density at radius 1 is 1.38 bits per heavy atom. The lowest BCUT2D eigenvalue weighted by Crippen LogP contribution is -2.21. The molecule has 0 aliphatic heterocycles. The van der Waals surface area contributed by atoms with Crippen molar-refractivity contribution in [2.45, 2.75) is 17.5 Å². The maximum Gasteiger partial charge on any atom is 0.123 e. The summed E-state index contributed by atoms with van der Waals surface area (Å²) >= 11 is 7.85. The highest BCUT2D eigenvalue weighted by molar-refractivity contribution is 7.98. The molecular weight excluding hydrogens is 306 g/mol. The summed E-state index contributed by atoms with van der Waals surface area (Å²) in [6.45, 7) is 1.52. The highest BCUT2D eigenvalue weighted by Crippen LogP contribution is 2.33. The fourth-order valence-corrected chi connectivity index (χ4v) is 3.03. The van der Waals surface area contributed by atoms with Crippen molar-refractivity contribution in [2.75, 3.05) is 26.9 Å². The zero-order valence-electron chi connectivity index (χ0n) is 12.5. The second-order valence-corrected chi connectivity index (χ2v) is 6.30.